The SMILES string of the molecule is CCn1c(SCC(=O)NC(=O)NCC2COc3ccccc3O2)nnc1-c1ccco1. The number of benzene rings is 1. The molecule has 4 rings (SSSR count). The average Bonchev–Trinajstić information content (AvgIpc) is 3.45. The summed E-state index contributed by atoms with van der Waals surface area (Å²) in [5.74, 6) is 2.05. The van der Waals surface area contributed by atoms with Gasteiger partial charge in [0.05, 0.1) is 18.6 Å². The van der Waals surface area contributed by atoms with Gasteiger partial charge < -0.3 is 19.2 Å². The van der Waals surface area contributed by atoms with Crippen LogP contribution in [0.2, 0.25) is 0 Å². The molecule has 162 valence electrons. The Labute approximate surface area is 182 Å². The molecule has 3 heterocycles. The van der Waals surface area contributed by atoms with Crippen LogP contribution in [0, 0.1) is 0 Å². The topological polar surface area (TPSA) is 121 Å². The summed E-state index contributed by atoms with van der Waals surface area (Å²) in [7, 11) is 0. The first-order valence-electron chi connectivity index (χ1n) is 9.70. The van der Waals surface area contributed by atoms with Crippen LogP contribution < -0.4 is 20.1 Å². The Bertz CT molecular complexity index is 1050. The minimum absolute atomic E-state index is 0.0140. The molecule has 0 fully saturated rings. The van der Waals surface area contributed by atoms with Crippen molar-refractivity contribution in [1.29, 1.82) is 0 Å². The number of imide groups is 1. The van der Waals surface area contributed by atoms with E-state index in [1.54, 1.807) is 24.5 Å². The van der Waals surface area contributed by atoms with E-state index in [0.717, 1.165) is 0 Å². The predicted molar refractivity (Wildman–Crippen MR) is 112 cm³/mol. The van der Waals surface area contributed by atoms with Gasteiger partial charge in [0.15, 0.2) is 34.3 Å². The molecule has 1 unspecified atom stereocenters. The lowest BCUT2D eigenvalue weighted by atomic mass is 10.2. The van der Waals surface area contributed by atoms with E-state index < -0.39 is 11.9 Å². The van der Waals surface area contributed by atoms with Crippen molar-refractivity contribution in [2.24, 2.45) is 0 Å². The highest BCUT2D eigenvalue weighted by Crippen LogP contribution is 2.30. The molecule has 0 bridgehead atoms. The third-order valence-electron chi connectivity index (χ3n) is 4.42. The molecule has 10 nitrogen and oxygen atoms in total. The third-order valence-corrected chi connectivity index (χ3v) is 5.38. The van der Waals surface area contributed by atoms with Crippen molar-refractivity contribution in [2.75, 3.05) is 18.9 Å². The first-order chi connectivity index (χ1) is 15.1. The zero-order valence-corrected chi connectivity index (χ0v) is 17.6. The van der Waals surface area contributed by atoms with E-state index in [4.69, 9.17) is 13.9 Å². The zero-order chi connectivity index (χ0) is 21.6. The van der Waals surface area contributed by atoms with Gasteiger partial charge in [0.1, 0.15) is 6.61 Å². The highest BCUT2D eigenvalue weighted by atomic mass is 32.2. The first-order valence-corrected chi connectivity index (χ1v) is 10.7. The molecule has 1 aliphatic heterocycles. The van der Waals surface area contributed by atoms with Crippen LogP contribution in [0.4, 0.5) is 4.79 Å². The summed E-state index contributed by atoms with van der Waals surface area (Å²) in [5.41, 5.74) is 0. The van der Waals surface area contributed by atoms with Gasteiger partial charge in [-0.1, -0.05) is 23.9 Å². The Balaban J connectivity index is 1.23. The molecule has 0 radical (unpaired) electrons. The van der Waals surface area contributed by atoms with Gasteiger partial charge in [0, 0.05) is 6.54 Å². The smallest absolute Gasteiger partial charge is 0.321 e. The molecule has 31 heavy (non-hydrogen) atoms. The number of carbonyl (C=O) groups excluding carboxylic acids is 2. The van der Waals surface area contributed by atoms with E-state index in [0.29, 0.717) is 41.4 Å². The van der Waals surface area contributed by atoms with Crippen molar-refractivity contribution < 1.29 is 23.5 Å². The minimum Gasteiger partial charge on any atom is -0.486 e. The van der Waals surface area contributed by atoms with Gasteiger partial charge >= 0.3 is 6.03 Å². The number of nitrogens with zero attached hydrogens (tertiary/aromatic N) is 3. The van der Waals surface area contributed by atoms with Crippen LogP contribution in [0.5, 0.6) is 11.5 Å². The molecule has 0 saturated heterocycles. The maximum Gasteiger partial charge on any atom is 0.321 e. The molecule has 0 saturated carbocycles. The second-order valence-electron chi connectivity index (χ2n) is 6.57. The standard InChI is InChI=1S/C20H21N5O5S/c1-2-25-18(16-8-5-9-28-16)23-24-20(25)31-12-17(26)22-19(27)21-10-13-11-29-14-6-3-4-7-15(14)30-13/h3-9,13H,2,10-12H2,1H3,(H2,21,22,26,27). The number of urea groups is 1. The van der Waals surface area contributed by atoms with E-state index in [2.05, 4.69) is 20.8 Å². The molecule has 1 atom stereocenters. The summed E-state index contributed by atoms with van der Waals surface area (Å²) in [6.07, 6.45) is 1.22. The second kappa shape index (κ2) is 9.56. The lowest BCUT2D eigenvalue weighted by Gasteiger charge is -2.26. The fourth-order valence-electron chi connectivity index (χ4n) is 2.98. The Morgan fingerprint density at radius 3 is 2.81 bits per heavy atom. The van der Waals surface area contributed by atoms with Crippen LogP contribution in [0.3, 0.4) is 0 Å². The quantitative estimate of drug-likeness (QED) is 0.534. The molecule has 11 heteroatoms. The van der Waals surface area contributed by atoms with Crippen LogP contribution in [0.1, 0.15) is 6.92 Å². The summed E-state index contributed by atoms with van der Waals surface area (Å²) < 4.78 is 18.6. The molecule has 1 aromatic carbocycles. The number of ether oxygens (including phenoxy) is 2. The second-order valence-corrected chi connectivity index (χ2v) is 7.51. The molecule has 3 aromatic rings. The Kier molecular flexibility index (Phi) is 6.41. The number of para-hydroxylation sites is 2. The van der Waals surface area contributed by atoms with Crippen molar-refractivity contribution in [2.45, 2.75) is 24.7 Å². The number of hydrogen-bond donors (Lipinski definition) is 2. The molecule has 1 aliphatic rings. The van der Waals surface area contributed by atoms with Gasteiger partial charge in [-0.05, 0) is 31.2 Å². The molecule has 2 N–H and O–H groups in total. The average molecular weight is 443 g/mol. The number of carbonyl (C=O) groups is 2. The summed E-state index contributed by atoms with van der Waals surface area (Å²) >= 11 is 1.19. The number of rotatable bonds is 7. The van der Waals surface area contributed by atoms with Gasteiger partial charge in [-0.2, -0.15) is 0 Å². The fourth-order valence-corrected chi connectivity index (χ4v) is 3.78. The maximum atomic E-state index is 12.2. The Hall–Kier alpha value is -3.47. The van der Waals surface area contributed by atoms with Gasteiger partial charge in [-0.15, -0.1) is 10.2 Å². The van der Waals surface area contributed by atoms with Crippen LogP contribution in [0.25, 0.3) is 11.6 Å². The van der Waals surface area contributed by atoms with E-state index in [9.17, 15) is 9.59 Å². The first kappa shape index (κ1) is 20.8. The Morgan fingerprint density at radius 1 is 1.19 bits per heavy atom. The van der Waals surface area contributed by atoms with Gasteiger partial charge in [0.2, 0.25) is 5.91 Å². The summed E-state index contributed by atoms with van der Waals surface area (Å²) in [6, 6.07) is 10.3. The van der Waals surface area contributed by atoms with Crippen molar-refractivity contribution >= 4 is 23.7 Å². The van der Waals surface area contributed by atoms with Crippen LogP contribution in [-0.2, 0) is 11.3 Å². The largest absolute Gasteiger partial charge is 0.486 e. The third kappa shape index (κ3) is 5.00. The molecular weight excluding hydrogens is 422 g/mol. The molecule has 0 aliphatic carbocycles. The van der Waals surface area contributed by atoms with Gasteiger partial charge in [0.25, 0.3) is 0 Å². The lowest BCUT2D eigenvalue weighted by Crippen LogP contribution is -2.46. The van der Waals surface area contributed by atoms with Gasteiger partial charge in [-0.25, -0.2) is 4.79 Å². The molecule has 3 amide bonds. The number of fused-ring (bicyclic) bond motifs is 1. The molecule has 0 spiro atoms. The minimum atomic E-state index is -0.596. The van der Waals surface area contributed by atoms with E-state index in [1.807, 2.05) is 29.7 Å². The predicted octanol–water partition coefficient (Wildman–Crippen LogP) is 2.32. The van der Waals surface area contributed by atoms with Crippen molar-refractivity contribution in [3.8, 4) is 23.1 Å². The van der Waals surface area contributed by atoms with Crippen LogP contribution in [0.15, 0.2) is 52.2 Å². The number of furan rings is 1. The normalized spacial score (nSPS) is 14.8. The number of thioether (sulfide) groups is 1. The number of nitrogens with one attached hydrogen (secondary N) is 2. The van der Waals surface area contributed by atoms with Crippen LogP contribution in [-0.4, -0.2) is 51.7 Å². The number of amides is 3. The van der Waals surface area contributed by atoms with Crippen LogP contribution >= 0.6 is 11.8 Å². The van der Waals surface area contributed by atoms with Crippen molar-refractivity contribution in [3.63, 3.8) is 0 Å². The highest BCUT2D eigenvalue weighted by Gasteiger charge is 2.22. The number of aromatic nitrogens is 3. The highest BCUT2D eigenvalue weighted by molar-refractivity contribution is 7.99. The molecule has 2 aromatic heterocycles. The zero-order valence-electron chi connectivity index (χ0n) is 16.7. The Morgan fingerprint density at radius 2 is 2.03 bits per heavy atom. The fraction of sp³-hybridized carbons (Fsp3) is 0.300. The van der Waals surface area contributed by atoms with Crippen molar-refractivity contribution in [3.05, 3.63) is 42.7 Å². The summed E-state index contributed by atoms with van der Waals surface area (Å²) in [5, 5.41) is 13.7. The lowest BCUT2D eigenvalue weighted by molar-refractivity contribution is -0.117. The summed E-state index contributed by atoms with van der Waals surface area (Å²) in [6.45, 7) is 3.08. The van der Waals surface area contributed by atoms with Gasteiger partial charge in [-0.3, -0.25) is 14.7 Å². The van der Waals surface area contributed by atoms with E-state index in [-0.39, 0.29) is 18.4 Å². The van der Waals surface area contributed by atoms with E-state index in [1.165, 1.54) is 11.8 Å². The maximum absolute atomic E-state index is 12.2. The monoisotopic (exact) mass is 443 g/mol. The van der Waals surface area contributed by atoms with Crippen molar-refractivity contribution in [1.82, 2.24) is 25.4 Å². The summed E-state index contributed by atoms with van der Waals surface area (Å²) in [4.78, 5) is 24.2. The molecular formula is C20H21N5O5S. The van der Waals surface area contributed by atoms with E-state index >= 15 is 0 Å². The number of hydrogen-bond acceptors (Lipinski definition) is 8.